The highest BCUT2D eigenvalue weighted by atomic mass is 79.9. The average molecular weight is 452 g/mol. The smallest absolute Gasteiger partial charge is 0.338 e. The number of benzene rings is 2. The SMILES string of the molecule is O=C(COC(=O)c1ccc(SC(F)F)cc1)Nc1c(F)cc(F)cc1Br. The van der Waals surface area contributed by atoms with Crippen molar-refractivity contribution in [3.05, 3.63) is 58.1 Å². The van der Waals surface area contributed by atoms with Crippen molar-refractivity contribution in [1.29, 1.82) is 0 Å². The first-order chi connectivity index (χ1) is 12.3. The lowest BCUT2D eigenvalue weighted by molar-refractivity contribution is -0.119. The number of rotatable bonds is 6. The number of halogens is 5. The second-order valence-corrected chi connectivity index (χ2v) is 6.69. The van der Waals surface area contributed by atoms with E-state index in [-0.39, 0.29) is 20.6 Å². The molecular weight excluding hydrogens is 442 g/mol. The van der Waals surface area contributed by atoms with Gasteiger partial charge in [0.2, 0.25) is 0 Å². The van der Waals surface area contributed by atoms with Crippen molar-refractivity contribution < 1.29 is 31.9 Å². The molecule has 4 nitrogen and oxygen atoms in total. The highest BCUT2D eigenvalue weighted by molar-refractivity contribution is 9.10. The minimum absolute atomic E-state index is 0.0122. The van der Waals surface area contributed by atoms with Crippen LogP contribution in [0.25, 0.3) is 0 Å². The maximum absolute atomic E-state index is 13.6. The summed E-state index contributed by atoms with van der Waals surface area (Å²) in [5.41, 5.74) is -0.230. The predicted octanol–water partition coefficient (Wildman–Crippen LogP) is 4.84. The van der Waals surface area contributed by atoms with Crippen molar-refractivity contribution in [2.75, 3.05) is 11.9 Å². The zero-order valence-corrected chi connectivity index (χ0v) is 15.2. The number of esters is 1. The number of hydrogen-bond donors (Lipinski definition) is 1. The van der Waals surface area contributed by atoms with Crippen LogP contribution < -0.4 is 5.32 Å². The van der Waals surface area contributed by atoms with Crippen LogP contribution in [-0.2, 0) is 9.53 Å². The van der Waals surface area contributed by atoms with Gasteiger partial charge in [0.25, 0.3) is 11.7 Å². The highest BCUT2D eigenvalue weighted by Crippen LogP contribution is 2.27. The molecule has 0 bridgehead atoms. The fourth-order valence-corrected chi connectivity index (χ4v) is 2.83. The zero-order valence-electron chi connectivity index (χ0n) is 12.8. The molecule has 0 spiro atoms. The Morgan fingerprint density at radius 1 is 1.15 bits per heavy atom. The van der Waals surface area contributed by atoms with Gasteiger partial charge in [-0.15, -0.1) is 0 Å². The van der Waals surface area contributed by atoms with Crippen LogP contribution in [0.1, 0.15) is 10.4 Å². The Morgan fingerprint density at radius 2 is 1.81 bits per heavy atom. The topological polar surface area (TPSA) is 55.4 Å². The monoisotopic (exact) mass is 451 g/mol. The summed E-state index contributed by atoms with van der Waals surface area (Å²) in [6.07, 6.45) is 0. The number of carbonyl (C=O) groups is 2. The molecule has 0 fully saturated rings. The molecule has 1 amide bonds. The first-order valence-electron chi connectivity index (χ1n) is 6.92. The molecule has 0 aliphatic rings. The van der Waals surface area contributed by atoms with Gasteiger partial charge < -0.3 is 10.1 Å². The molecule has 0 aliphatic heterocycles. The standard InChI is InChI=1S/C16H10BrF4NO3S/c17-11-5-9(18)6-12(19)14(11)22-13(23)7-25-15(24)8-1-3-10(4-2-8)26-16(20)21/h1-6,16H,7H2,(H,22,23). The quantitative estimate of drug-likeness (QED) is 0.388. The van der Waals surface area contributed by atoms with Crippen molar-refractivity contribution in [3.63, 3.8) is 0 Å². The number of alkyl halides is 2. The van der Waals surface area contributed by atoms with E-state index in [2.05, 4.69) is 21.2 Å². The van der Waals surface area contributed by atoms with Crippen molar-refractivity contribution in [3.8, 4) is 0 Å². The summed E-state index contributed by atoms with van der Waals surface area (Å²) in [6, 6.07) is 6.74. The molecule has 138 valence electrons. The van der Waals surface area contributed by atoms with E-state index in [1.807, 2.05) is 0 Å². The highest BCUT2D eigenvalue weighted by Gasteiger charge is 2.15. The van der Waals surface area contributed by atoms with Crippen LogP contribution in [0.3, 0.4) is 0 Å². The van der Waals surface area contributed by atoms with Crippen LogP contribution in [-0.4, -0.2) is 24.2 Å². The molecule has 0 heterocycles. The normalized spacial score (nSPS) is 10.7. The van der Waals surface area contributed by atoms with E-state index in [9.17, 15) is 27.2 Å². The molecule has 0 saturated carbocycles. The minimum atomic E-state index is -2.58. The number of amides is 1. The molecule has 0 radical (unpaired) electrons. The van der Waals surface area contributed by atoms with Crippen molar-refractivity contribution in [2.24, 2.45) is 0 Å². The van der Waals surface area contributed by atoms with Crippen LogP contribution >= 0.6 is 27.7 Å². The number of hydrogen-bond acceptors (Lipinski definition) is 4. The molecule has 1 N–H and O–H groups in total. The van der Waals surface area contributed by atoms with Crippen molar-refractivity contribution in [1.82, 2.24) is 0 Å². The molecule has 0 unspecified atom stereocenters. The number of nitrogens with one attached hydrogen (secondary N) is 1. The molecule has 0 atom stereocenters. The second kappa shape index (κ2) is 9.04. The van der Waals surface area contributed by atoms with Gasteiger partial charge in [0.15, 0.2) is 12.4 Å². The molecule has 0 aromatic heterocycles. The first kappa shape index (κ1) is 20.2. The van der Waals surface area contributed by atoms with Gasteiger partial charge in [0.05, 0.1) is 11.3 Å². The Kier molecular flexibility index (Phi) is 7.04. The maximum Gasteiger partial charge on any atom is 0.338 e. The summed E-state index contributed by atoms with van der Waals surface area (Å²) in [7, 11) is 0. The van der Waals surface area contributed by atoms with Crippen molar-refractivity contribution >= 4 is 45.3 Å². The van der Waals surface area contributed by atoms with Gasteiger partial charge in [0, 0.05) is 15.4 Å². The third-order valence-electron chi connectivity index (χ3n) is 2.92. The van der Waals surface area contributed by atoms with E-state index in [1.54, 1.807) is 0 Å². The van der Waals surface area contributed by atoms with E-state index in [0.717, 1.165) is 6.07 Å². The Hall–Kier alpha value is -2.07. The van der Waals surface area contributed by atoms with Crippen LogP contribution in [0.5, 0.6) is 0 Å². The third-order valence-corrected chi connectivity index (χ3v) is 4.27. The molecule has 10 heteroatoms. The largest absolute Gasteiger partial charge is 0.452 e. The third kappa shape index (κ3) is 5.73. The van der Waals surface area contributed by atoms with Gasteiger partial charge in [-0.1, -0.05) is 11.8 Å². The summed E-state index contributed by atoms with van der Waals surface area (Å²) in [4.78, 5) is 23.8. The molecule has 0 aliphatic carbocycles. The molecule has 2 aromatic rings. The number of carbonyl (C=O) groups excluding carboxylic acids is 2. The number of ether oxygens (including phenoxy) is 1. The first-order valence-corrected chi connectivity index (χ1v) is 8.60. The number of thioether (sulfide) groups is 1. The molecule has 26 heavy (non-hydrogen) atoms. The van der Waals surface area contributed by atoms with Gasteiger partial charge in [-0.2, -0.15) is 8.78 Å². The van der Waals surface area contributed by atoms with Crippen molar-refractivity contribution in [2.45, 2.75) is 10.7 Å². The Morgan fingerprint density at radius 3 is 2.38 bits per heavy atom. The van der Waals surface area contributed by atoms with Gasteiger partial charge in [-0.25, -0.2) is 13.6 Å². The van der Waals surface area contributed by atoms with Crippen LogP contribution in [0.2, 0.25) is 0 Å². The van der Waals surface area contributed by atoms with E-state index in [0.29, 0.717) is 17.8 Å². The predicted molar refractivity (Wildman–Crippen MR) is 91.3 cm³/mol. The average Bonchev–Trinajstić information content (AvgIpc) is 2.56. The van der Waals surface area contributed by atoms with Crippen LogP contribution in [0.15, 0.2) is 45.8 Å². The molecule has 2 aromatic carbocycles. The summed E-state index contributed by atoms with van der Waals surface area (Å²) in [5, 5.41) is 2.15. The Labute approximate surface area is 158 Å². The fourth-order valence-electron chi connectivity index (χ4n) is 1.82. The maximum atomic E-state index is 13.6. The van der Waals surface area contributed by atoms with E-state index in [4.69, 9.17) is 4.74 Å². The Balaban J connectivity index is 1.92. The Bertz CT molecular complexity index is 795. The van der Waals surface area contributed by atoms with Gasteiger partial charge >= 0.3 is 5.97 Å². The summed E-state index contributed by atoms with van der Waals surface area (Å²) in [5.74, 6) is -6.10. The van der Waals surface area contributed by atoms with E-state index < -0.39 is 35.9 Å². The van der Waals surface area contributed by atoms with Crippen LogP contribution in [0, 0.1) is 11.6 Å². The second-order valence-electron chi connectivity index (χ2n) is 4.77. The molecule has 2 rings (SSSR count). The molecule has 0 saturated heterocycles. The zero-order chi connectivity index (χ0) is 19.3. The molecular formula is C16H10BrF4NO3S. The van der Waals surface area contributed by atoms with E-state index >= 15 is 0 Å². The van der Waals surface area contributed by atoms with Gasteiger partial charge in [-0.3, -0.25) is 4.79 Å². The minimum Gasteiger partial charge on any atom is -0.452 e. The van der Waals surface area contributed by atoms with Gasteiger partial charge in [0.1, 0.15) is 5.82 Å². The lowest BCUT2D eigenvalue weighted by Crippen LogP contribution is -2.21. The lowest BCUT2D eigenvalue weighted by atomic mass is 10.2. The van der Waals surface area contributed by atoms with Crippen LogP contribution in [0.4, 0.5) is 23.2 Å². The van der Waals surface area contributed by atoms with Gasteiger partial charge in [-0.05, 0) is 46.3 Å². The summed E-state index contributed by atoms with van der Waals surface area (Å²) >= 11 is 3.23. The fraction of sp³-hybridized carbons (Fsp3) is 0.125. The summed E-state index contributed by atoms with van der Waals surface area (Å²) < 4.78 is 55.8. The summed E-state index contributed by atoms with van der Waals surface area (Å²) in [6.45, 7) is -0.713. The number of anilines is 1. The lowest BCUT2D eigenvalue weighted by Gasteiger charge is -2.09. The van der Waals surface area contributed by atoms with E-state index in [1.165, 1.54) is 24.3 Å².